The van der Waals surface area contributed by atoms with E-state index >= 15 is 0 Å². The van der Waals surface area contributed by atoms with E-state index in [-0.39, 0.29) is 17.9 Å². The molecule has 0 aliphatic heterocycles. The van der Waals surface area contributed by atoms with Crippen molar-refractivity contribution in [2.45, 2.75) is 52.0 Å². The SMILES string of the molecule is CC(C)Cc1nnc(NC(=O)C2CCCCC2N)s1. The molecule has 2 unspecified atom stereocenters. The Morgan fingerprint density at radius 2 is 2.16 bits per heavy atom. The Labute approximate surface area is 118 Å². The maximum atomic E-state index is 12.2. The van der Waals surface area contributed by atoms with E-state index in [2.05, 4.69) is 29.4 Å². The van der Waals surface area contributed by atoms with E-state index < -0.39 is 0 Å². The highest BCUT2D eigenvalue weighted by molar-refractivity contribution is 7.15. The predicted molar refractivity (Wildman–Crippen MR) is 77.0 cm³/mol. The minimum atomic E-state index is -0.0776. The fraction of sp³-hybridized carbons (Fsp3) is 0.769. The minimum Gasteiger partial charge on any atom is -0.327 e. The second-order valence-corrected chi connectivity index (χ2v) is 6.71. The largest absolute Gasteiger partial charge is 0.327 e. The number of nitrogens with zero attached hydrogens (tertiary/aromatic N) is 2. The van der Waals surface area contributed by atoms with E-state index in [0.29, 0.717) is 11.0 Å². The van der Waals surface area contributed by atoms with Crippen molar-refractivity contribution in [1.82, 2.24) is 10.2 Å². The van der Waals surface area contributed by atoms with Crippen LogP contribution < -0.4 is 11.1 Å². The van der Waals surface area contributed by atoms with Gasteiger partial charge in [-0.05, 0) is 18.8 Å². The van der Waals surface area contributed by atoms with Crippen LogP contribution in [0.3, 0.4) is 0 Å². The molecule has 6 heteroatoms. The van der Waals surface area contributed by atoms with Crippen LogP contribution in [-0.2, 0) is 11.2 Å². The minimum absolute atomic E-state index is 0.000512. The Morgan fingerprint density at radius 3 is 2.84 bits per heavy atom. The summed E-state index contributed by atoms with van der Waals surface area (Å²) < 4.78 is 0. The van der Waals surface area contributed by atoms with Crippen LogP contribution in [0, 0.1) is 11.8 Å². The molecule has 0 aromatic carbocycles. The number of nitrogens with two attached hydrogens (primary N) is 1. The Kier molecular flexibility index (Phi) is 4.87. The van der Waals surface area contributed by atoms with Gasteiger partial charge in [0, 0.05) is 12.5 Å². The molecule has 3 N–H and O–H groups in total. The number of carbonyl (C=O) groups is 1. The summed E-state index contributed by atoms with van der Waals surface area (Å²) >= 11 is 1.46. The first-order valence-corrected chi connectivity index (χ1v) is 7.76. The van der Waals surface area contributed by atoms with E-state index in [1.54, 1.807) is 0 Å². The van der Waals surface area contributed by atoms with Gasteiger partial charge in [0.05, 0.1) is 5.92 Å². The number of carbonyl (C=O) groups excluding carboxylic acids is 1. The van der Waals surface area contributed by atoms with Crippen LogP contribution in [0.15, 0.2) is 0 Å². The molecule has 1 amide bonds. The second-order valence-electron chi connectivity index (χ2n) is 5.64. The van der Waals surface area contributed by atoms with Gasteiger partial charge in [-0.3, -0.25) is 4.79 Å². The van der Waals surface area contributed by atoms with Gasteiger partial charge in [-0.15, -0.1) is 10.2 Å². The molecule has 0 saturated heterocycles. The summed E-state index contributed by atoms with van der Waals surface area (Å²) in [6.07, 6.45) is 4.93. The number of hydrogen-bond donors (Lipinski definition) is 2. The van der Waals surface area contributed by atoms with Gasteiger partial charge in [0.25, 0.3) is 0 Å². The maximum absolute atomic E-state index is 12.2. The van der Waals surface area contributed by atoms with Gasteiger partial charge in [-0.2, -0.15) is 0 Å². The van der Waals surface area contributed by atoms with Gasteiger partial charge in [-0.1, -0.05) is 38.0 Å². The monoisotopic (exact) mass is 282 g/mol. The number of rotatable bonds is 4. The smallest absolute Gasteiger partial charge is 0.230 e. The molecule has 1 fully saturated rings. The summed E-state index contributed by atoms with van der Waals surface area (Å²) in [5, 5.41) is 12.5. The van der Waals surface area contributed by atoms with Gasteiger partial charge in [-0.25, -0.2) is 0 Å². The summed E-state index contributed by atoms with van der Waals surface area (Å²) in [5.74, 6) is 0.467. The molecule has 0 bridgehead atoms. The van der Waals surface area contributed by atoms with Crippen LogP contribution >= 0.6 is 11.3 Å². The van der Waals surface area contributed by atoms with E-state index in [0.717, 1.165) is 37.1 Å². The summed E-state index contributed by atoms with van der Waals surface area (Å²) in [4.78, 5) is 12.2. The van der Waals surface area contributed by atoms with Crippen LogP contribution in [0.2, 0.25) is 0 Å². The lowest BCUT2D eigenvalue weighted by atomic mass is 9.84. The zero-order valence-corrected chi connectivity index (χ0v) is 12.4. The lowest BCUT2D eigenvalue weighted by Gasteiger charge is -2.26. The molecule has 1 aromatic rings. The van der Waals surface area contributed by atoms with Gasteiger partial charge < -0.3 is 11.1 Å². The molecule has 106 valence electrons. The molecule has 5 nitrogen and oxygen atoms in total. The molecule has 1 aliphatic carbocycles. The Hall–Kier alpha value is -1.01. The van der Waals surface area contributed by atoms with Gasteiger partial charge in [0.1, 0.15) is 5.01 Å². The molecular weight excluding hydrogens is 260 g/mol. The Bertz CT molecular complexity index is 432. The van der Waals surface area contributed by atoms with Gasteiger partial charge in [0.15, 0.2) is 0 Å². The average molecular weight is 282 g/mol. The summed E-state index contributed by atoms with van der Waals surface area (Å²) in [5.41, 5.74) is 6.01. The van der Waals surface area contributed by atoms with Crippen molar-refractivity contribution < 1.29 is 4.79 Å². The summed E-state index contributed by atoms with van der Waals surface area (Å²) in [6.45, 7) is 4.28. The molecule has 1 heterocycles. The first-order valence-electron chi connectivity index (χ1n) is 6.95. The highest BCUT2D eigenvalue weighted by Gasteiger charge is 2.28. The predicted octanol–water partition coefficient (Wildman–Crippen LogP) is 2.19. The number of nitrogens with one attached hydrogen (secondary N) is 1. The molecule has 2 rings (SSSR count). The van der Waals surface area contributed by atoms with Crippen LogP contribution in [-0.4, -0.2) is 22.1 Å². The van der Waals surface area contributed by atoms with Crippen molar-refractivity contribution in [3.8, 4) is 0 Å². The van der Waals surface area contributed by atoms with Crippen molar-refractivity contribution in [2.75, 3.05) is 5.32 Å². The van der Waals surface area contributed by atoms with Crippen molar-refractivity contribution >= 4 is 22.4 Å². The van der Waals surface area contributed by atoms with E-state index in [9.17, 15) is 4.79 Å². The first-order chi connectivity index (χ1) is 9.06. The van der Waals surface area contributed by atoms with Gasteiger partial charge in [0.2, 0.25) is 11.0 Å². The maximum Gasteiger partial charge on any atom is 0.230 e. The van der Waals surface area contributed by atoms with Crippen LogP contribution in [0.25, 0.3) is 0 Å². The highest BCUT2D eigenvalue weighted by Crippen LogP contribution is 2.25. The average Bonchev–Trinajstić information content (AvgIpc) is 2.76. The molecule has 1 aliphatic rings. The van der Waals surface area contributed by atoms with Crippen molar-refractivity contribution in [3.05, 3.63) is 5.01 Å². The molecule has 19 heavy (non-hydrogen) atoms. The fourth-order valence-corrected chi connectivity index (χ4v) is 3.37. The molecular formula is C13H22N4OS. The third-order valence-corrected chi connectivity index (χ3v) is 4.30. The quantitative estimate of drug-likeness (QED) is 0.887. The zero-order valence-electron chi connectivity index (χ0n) is 11.6. The van der Waals surface area contributed by atoms with E-state index in [1.807, 2.05) is 0 Å². The molecule has 0 spiro atoms. The molecule has 0 radical (unpaired) electrons. The normalized spacial score (nSPS) is 23.6. The van der Waals surface area contributed by atoms with E-state index in [4.69, 9.17) is 5.73 Å². The number of anilines is 1. The van der Waals surface area contributed by atoms with Crippen LogP contribution in [0.1, 0.15) is 44.5 Å². The van der Waals surface area contributed by atoms with E-state index in [1.165, 1.54) is 11.3 Å². The topological polar surface area (TPSA) is 80.9 Å². The second kappa shape index (κ2) is 6.43. The zero-order chi connectivity index (χ0) is 13.8. The molecule has 1 saturated carbocycles. The third kappa shape index (κ3) is 3.98. The summed E-state index contributed by atoms with van der Waals surface area (Å²) in [7, 11) is 0. The van der Waals surface area contributed by atoms with Crippen molar-refractivity contribution in [2.24, 2.45) is 17.6 Å². The van der Waals surface area contributed by atoms with Crippen molar-refractivity contribution in [1.29, 1.82) is 0 Å². The molecule has 1 aromatic heterocycles. The number of hydrogen-bond acceptors (Lipinski definition) is 5. The Balaban J connectivity index is 1.92. The fourth-order valence-electron chi connectivity index (χ4n) is 2.42. The van der Waals surface area contributed by atoms with Crippen LogP contribution in [0.4, 0.5) is 5.13 Å². The molecule has 2 atom stereocenters. The first kappa shape index (κ1) is 14.4. The van der Waals surface area contributed by atoms with Crippen molar-refractivity contribution in [3.63, 3.8) is 0 Å². The highest BCUT2D eigenvalue weighted by atomic mass is 32.1. The lowest BCUT2D eigenvalue weighted by Crippen LogP contribution is -2.40. The van der Waals surface area contributed by atoms with Crippen LogP contribution in [0.5, 0.6) is 0 Å². The van der Waals surface area contributed by atoms with Gasteiger partial charge >= 0.3 is 0 Å². The number of aromatic nitrogens is 2. The number of amides is 1. The summed E-state index contributed by atoms with van der Waals surface area (Å²) in [6, 6.07) is -0.0168. The lowest BCUT2D eigenvalue weighted by molar-refractivity contribution is -0.121. The standard InChI is InChI=1S/C13H22N4OS/c1-8(2)7-11-16-17-13(19-11)15-12(18)9-5-3-4-6-10(9)14/h8-10H,3-7,14H2,1-2H3,(H,15,17,18). The third-order valence-electron chi connectivity index (χ3n) is 3.44. The Morgan fingerprint density at radius 1 is 1.42 bits per heavy atom.